The van der Waals surface area contributed by atoms with Crippen molar-refractivity contribution in [2.45, 2.75) is 32.8 Å². The van der Waals surface area contributed by atoms with Crippen LogP contribution in [0.4, 0.5) is 0 Å². The number of aryl methyl sites for hydroxylation is 1. The summed E-state index contributed by atoms with van der Waals surface area (Å²) in [5.74, 6) is 1.52. The third-order valence-electron chi connectivity index (χ3n) is 2.56. The van der Waals surface area contributed by atoms with E-state index in [4.69, 9.17) is 17.0 Å². The van der Waals surface area contributed by atoms with Gasteiger partial charge in [-0.3, -0.25) is 0 Å². The molecular formula is C11H16N2OS. The zero-order chi connectivity index (χ0) is 10.8. The Balaban J connectivity index is 2.28. The molecule has 1 aromatic rings. The lowest BCUT2D eigenvalue weighted by molar-refractivity contribution is 0.0398. The smallest absolute Gasteiger partial charge is 0.137 e. The SMILES string of the molecule is CCOC(c1nc(=S)cc(C)[nH]1)C1CC1. The van der Waals surface area contributed by atoms with Crippen LogP contribution in [-0.4, -0.2) is 16.6 Å². The van der Waals surface area contributed by atoms with Crippen LogP contribution in [0.25, 0.3) is 0 Å². The Morgan fingerprint density at radius 2 is 2.40 bits per heavy atom. The van der Waals surface area contributed by atoms with Crippen molar-refractivity contribution >= 4 is 12.2 Å². The Morgan fingerprint density at radius 1 is 1.67 bits per heavy atom. The molecule has 0 radical (unpaired) electrons. The highest BCUT2D eigenvalue weighted by atomic mass is 32.1. The third-order valence-corrected chi connectivity index (χ3v) is 2.77. The maximum Gasteiger partial charge on any atom is 0.137 e. The fraction of sp³-hybridized carbons (Fsp3) is 0.636. The quantitative estimate of drug-likeness (QED) is 0.799. The highest BCUT2D eigenvalue weighted by molar-refractivity contribution is 7.71. The van der Waals surface area contributed by atoms with Crippen molar-refractivity contribution in [1.82, 2.24) is 9.97 Å². The minimum Gasteiger partial charge on any atom is -0.370 e. The van der Waals surface area contributed by atoms with Gasteiger partial charge in [-0.1, -0.05) is 12.2 Å². The predicted octanol–water partition coefficient (Wildman–Crippen LogP) is 2.94. The average molecular weight is 224 g/mol. The van der Waals surface area contributed by atoms with Crippen molar-refractivity contribution in [2.75, 3.05) is 6.61 Å². The van der Waals surface area contributed by atoms with E-state index in [1.165, 1.54) is 12.8 Å². The molecule has 1 aliphatic rings. The average Bonchev–Trinajstić information content (AvgIpc) is 2.95. The van der Waals surface area contributed by atoms with Gasteiger partial charge in [-0.25, -0.2) is 4.98 Å². The van der Waals surface area contributed by atoms with E-state index in [9.17, 15) is 0 Å². The lowest BCUT2D eigenvalue weighted by atomic mass is 10.2. The fourth-order valence-corrected chi connectivity index (χ4v) is 2.03. The monoisotopic (exact) mass is 224 g/mol. The van der Waals surface area contributed by atoms with E-state index in [1.54, 1.807) is 0 Å². The molecule has 1 saturated carbocycles. The van der Waals surface area contributed by atoms with Crippen LogP contribution < -0.4 is 0 Å². The van der Waals surface area contributed by atoms with Crippen LogP contribution >= 0.6 is 12.2 Å². The Bertz CT molecular complexity index is 398. The van der Waals surface area contributed by atoms with E-state index >= 15 is 0 Å². The lowest BCUT2D eigenvalue weighted by Crippen LogP contribution is -2.11. The van der Waals surface area contributed by atoms with Gasteiger partial charge in [-0.05, 0) is 38.7 Å². The number of ether oxygens (including phenoxy) is 1. The number of aromatic amines is 1. The molecule has 0 saturated heterocycles. The Labute approximate surface area is 94.9 Å². The van der Waals surface area contributed by atoms with Crippen LogP contribution in [0.15, 0.2) is 6.07 Å². The first-order chi connectivity index (χ1) is 7.20. The van der Waals surface area contributed by atoms with Gasteiger partial charge in [0.25, 0.3) is 0 Å². The Kier molecular flexibility index (Phi) is 3.17. The second-order valence-corrected chi connectivity index (χ2v) is 4.42. The van der Waals surface area contributed by atoms with Crippen LogP contribution in [-0.2, 0) is 4.74 Å². The minimum atomic E-state index is 0.108. The summed E-state index contributed by atoms with van der Waals surface area (Å²) < 4.78 is 6.37. The number of H-pyrrole nitrogens is 1. The maximum atomic E-state index is 5.72. The Morgan fingerprint density at radius 3 is 2.93 bits per heavy atom. The molecule has 4 heteroatoms. The number of hydrogen-bond donors (Lipinski definition) is 1. The normalized spacial score (nSPS) is 17.7. The molecule has 1 unspecified atom stereocenters. The summed E-state index contributed by atoms with van der Waals surface area (Å²) in [5.41, 5.74) is 1.05. The molecule has 1 heterocycles. The highest BCUT2D eigenvalue weighted by Crippen LogP contribution is 2.42. The molecule has 3 nitrogen and oxygen atoms in total. The first kappa shape index (κ1) is 10.8. The zero-order valence-corrected chi connectivity index (χ0v) is 9.93. The van der Waals surface area contributed by atoms with E-state index in [2.05, 4.69) is 9.97 Å². The zero-order valence-electron chi connectivity index (χ0n) is 9.12. The largest absolute Gasteiger partial charge is 0.370 e. The standard InChI is InChI=1S/C11H16N2OS/c1-3-14-10(8-4-5-8)11-12-7(2)6-9(15)13-11/h6,8,10H,3-5H2,1-2H3,(H,12,13,15). The second-order valence-electron chi connectivity index (χ2n) is 4.00. The van der Waals surface area contributed by atoms with Crippen LogP contribution in [0.2, 0.25) is 0 Å². The molecule has 0 spiro atoms. The summed E-state index contributed by atoms with van der Waals surface area (Å²) in [6.45, 7) is 4.73. The molecule has 82 valence electrons. The number of nitrogens with one attached hydrogen (secondary N) is 1. The molecule has 1 aliphatic carbocycles. The molecule has 1 fully saturated rings. The molecule has 0 aromatic carbocycles. The van der Waals surface area contributed by atoms with Gasteiger partial charge in [0.15, 0.2) is 0 Å². The van der Waals surface area contributed by atoms with Crippen LogP contribution in [0, 0.1) is 17.5 Å². The molecule has 2 rings (SSSR count). The molecular weight excluding hydrogens is 208 g/mol. The van der Waals surface area contributed by atoms with Gasteiger partial charge in [0.05, 0.1) is 0 Å². The van der Waals surface area contributed by atoms with Gasteiger partial charge in [-0.2, -0.15) is 0 Å². The third kappa shape index (κ3) is 2.63. The first-order valence-corrected chi connectivity index (χ1v) is 5.81. The summed E-state index contributed by atoms with van der Waals surface area (Å²) in [5, 5.41) is 0. The van der Waals surface area contributed by atoms with E-state index in [1.807, 2.05) is 19.9 Å². The molecule has 0 amide bonds. The predicted molar refractivity (Wildman–Crippen MR) is 61.2 cm³/mol. The van der Waals surface area contributed by atoms with E-state index in [-0.39, 0.29) is 6.10 Å². The molecule has 1 N–H and O–H groups in total. The van der Waals surface area contributed by atoms with E-state index in [0.29, 0.717) is 10.6 Å². The summed E-state index contributed by atoms with van der Waals surface area (Å²) in [7, 11) is 0. The molecule has 1 atom stereocenters. The summed E-state index contributed by atoms with van der Waals surface area (Å²) in [4.78, 5) is 7.60. The Hall–Kier alpha value is -0.740. The lowest BCUT2D eigenvalue weighted by Gasteiger charge is -2.15. The topological polar surface area (TPSA) is 37.9 Å². The van der Waals surface area contributed by atoms with Crippen molar-refractivity contribution in [3.05, 3.63) is 22.2 Å². The minimum absolute atomic E-state index is 0.108. The van der Waals surface area contributed by atoms with E-state index < -0.39 is 0 Å². The van der Waals surface area contributed by atoms with Gasteiger partial charge >= 0.3 is 0 Å². The van der Waals surface area contributed by atoms with Crippen LogP contribution in [0.3, 0.4) is 0 Å². The van der Waals surface area contributed by atoms with Gasteiger partial charge in [0.2, 0.25) is 0 Å². The maximum absolute atomic E-state index is 5.72. The molecule has 15 heavy (non-hydrogen) atoms. The van der Waals surface area contributed by atoms with Crippen molar-refractivity contribution in [1.29, 1.82) is 0 Å². The van der Waals surface area contributed by atoms with Crippen molar-refractivity contribution in [3.63, 3.8) is 0 Å². The van der Waals surface area contributed by atoms with Crippen molar-refractivity contribution in [3.8, 4) is 0 Å². The van der Waals surface area contributed by atoms with Gasteiger partial charge in [-0.15, -0.1) is 0 Å². The van der Waals surface area contributed by atoms with Gasteiger partial charge in [0, 0.05) is 12.3 Å². The molecule has 0 aliphatic heterocycles. The fourth-order valence-electron chi connectivity index (χ4n) is 1.75. The number of rotatable bonds is 4. The number of nitrogens with zero attached hydrogens (tertiary/aromatic N) is 1. The second kappa shape index (κ2) is 4.41. The van der Waals surface area contributed by atoms with Gasteiger partial charge < -0.3 is 9.72 Å². The van der Waals surface area contributed by atoms with Crippen LogP contribution in [0.5, 0.6) is 0 Å². The van der Waals surface area contributed by atoms with Crippen molar-refractivity contribution in [2.24, 2.45) is 5.92 Å². The van der Waals surface area contributed by atoms with Gasteiger partial charge in [0.1, 0.15) is 16.6 Å². The highest BCUT2D eigenvalue weighted by Gasteiger charge is 2.34. The summed E-state index contributed by atoms with van der Waals surface area (Å²) in [6, 6.07) is 1.87. The summed E-state index contributed by atoms with van der Waals surface area (Å²) in [6.07, 6.45) is 2.58. The first-order valence-electron chi connectivity index (χ1n) is 5.40. The van der Waals surface area contributed by atoms with E-state index in [0.717, 1.165) is 18.1 Å². The number of aromatic nitrogens is 2. The molecule has 1 aromatic heterocycles. The summed E-state index contributed by atoms with van der Waals surface area (Å²) >= 11 is 5.11. The van der Waals surface area contributed by atoms with Crippen LogP contribution in [0.1, 0.15) is 37.4 Å². The number of hydrogen-bond acceptors (Lipinski definition) is 3. The molecule has 0 bridgehead atoms. The van der Waals surface area contributed by atoms with Crippen molar-refractivity contribution < 1.29 is 4.74 Å².